The Morgan fingerprint density at radius 3 is 1.17 bits per heavy atom. The van der Waals surface area contributed by atoms with Gasteiger partial charge in [0, 0.05) is 25.7 Å². The SMILES string of the molecule is CCCCCCCCC(CCCCCCCC)OC(=O)CCCCCCCC(=O)CCCCCCCC(=O)OC(C)CCCCC. The number of hydrogen-bond acceptors (Lipinski definition) is 5. The lowest BCUT2D eigenvalue weighted by atomic mass is 10.0. The summed E-state index contributed by atoms with van der Waals surface area (Å²) in [5, 5.41) is 0. The number of carbonyl (C=O) groups excluding carboxylic acids is 3. The molecule has 46 heavy (non-hydrogen) atoms. The lowest BCUT2D eigenvalue weighted by Gasteiger charge is -2.18. The molecule has 1 unspecified atom stereocenters. The van der Waals surface area contributed by atoms with E-state index in [9.17, 15) is 14.4 Å². The fourth-order valence-electron chi connectivity index (χ4n) is 6.20. The van der Waals surface area contributed by atoms with Crippen LogP contribution in [0.4, 0.5) is 0 Å². The van der Waals surface area contributed by atoms with Gasteiger partial charge in [0.05, 0.1) is 6.10 Å². The van der Waals surface area contributed by atoms with Crippen molar-refractivity contribution in [2.24, 2.45) is 0 Å². The largest absolute Gasteiger partial charge is 0.463 e. The number of carbonyl (C=O) groups is 3. The number of unbranched alkanes of at least 4 members (excludes halogenated alkanes) is 20. The highest BCUT2D eigenvalue weighted by Crippen LogP contribution is 2.19. The first-order chi connectivity index (χ1) is 22.4. The van der Waals surface area contributed by atoms with Crippen molar-refractivity contribution in [2.45, 2.75) is 245 Å². The van der Waals surface area contributed by atoms with Crippen LogP contribution in [-0.4, -0.2) is 29.9 Å². The molecular weight excluding hydrogens is 572 g/mol. The van der Waals surface area contributed by atoms with Crippen LogP contribution in [-0.2, 0) is 23.9 Å². The molecule has 0 aromatic heterocycles. The van der Waals surface area contributed by atoms with Crippen molar-refractivity contribution in [3.8, 4) is 0 Å². The van der Waals surface area contributed by atoms with E-state index in [-0.39, 0.29) is 24.1 Å². The standard InChI is InChI=1S/C41H78O5/c1-5-8-11-13-19-26-33-39(34-27-20-14-12-9-6-2)46-41(44)36-29-22-16-18-25-32-38(42)31-24-17-15-21-28-35-40(43)45-37(4)30-23-10-7-3/h37,39H,5-36H2,1-4H3. The third-order valence-corrected chi connectivity index (χ3v) is 9.28. The van der Waals surface area contributed by atoms with E-state index >= 15 is 0 Å². The van der Waals surface area contributed by atoms with Crippen LogP contribution in [0.1, 0.15) is 233 Å². The van der Waals surface area contributed by atoms with E-state index in [1.165, 1.54) is 89.9 Å². The van der Waals surface area contributed by atoms with E-state index in [1.807, 2.05) is 6.92 Å². The molecule has 0 N–H and O–H groups in total. The van der Waals surface area contributed by atoms with Crippen LogP contribution in [0, 0.1) is 0 Å². The molecule has 5 nitrogen and oxygen atoms in total. The summed E-state index contributed by atoms with van der Waals surface area (Å²) in [5.41, 5.74) is 0. The zero-order valence-electron chi connectivity index (χ0n) is 31.3. The van der Waals surface area contributed by atoms with Crippen LogP contribution >= 0.6 is 0 Å². The van der Waals surface area contributed by atoms with Gasteiger partial charge in [0.2, 0.25) is 0 Å². The van der Waals surface area contributed by atoms with Crippen molar-refractivity contribution in [3.63, 3.8) is 0 Å². The minimum atomic E-state index is -0.0645. The summed E-state index contributed by atoms with van der Waals surface area (Å²) in [6.07, 6.45) is 34.4. The summed E-state index contributed by atoms with van der Waals surface area (Å²) in [6.45, 7) is 8.68. The summed E-state index contributed by atoms with van der Waals surface area (Å²) in [6, 6.07) is 0. The molecule has 0 fully saturated rings. The summed E-state index contributed by atoms with van der Waals surface area (Å²) in [7, 11) is 0. The third-order valence-electron chi connectivity index (χ3n) is 9.28. The minimum absolute atomic E-state index is 0.00974. The van der Waals surface area contributed by atoms with Crippen molar-refractivity contribution in [3.05, 3.63) is 0 Å². The van der Waals surface area contributed by atoms with E-state index < -0.39 is 0 Å². The summed E-state index contributed by atoms with van der Waals surface area (Å²) in [5.74, 6) is 0.306. The predicted molar refractivity (Wildman–Crippen MR) is 195 cm³/mol. The first kappa shape index (κ1) is 44.6. The van der Waals surface area contributed by atoms with Crippen molar-refractivity contribution >= 4 is 17.7 Å². The van der Waals surface area contributed by atoms with Crippen molar-refractivity contribution in [2.75, 3.05) is 0 Å². The Balaban J connectivity index is 3.83. The molecule has 0 aromatic carbocycles. The molecule has 0 spiro atoms. The monoisotopic (exact) mass is 651 g/mol. The smallest absolute Gasteiger partial charge is 0.306 e. The normalized spacial score (nSPS) is 12.0. The second-order valence-electron chi connectivity index (χ2n) is 14.1. The Morgan fingerprint density at radius 1 is 0.391 bits per heavy atom. The molecule has 0 saturated carbocycles. The first-order valence-electron chi connectivity index (χ1n) is 20.3. The molecule has 5 heteroatoms. The highest BCUT2D eigenvalue weighted by molar-refractivity contribution is 5.78. The van der Waals surface area contributed by atoms with Gasteiger partial charge < -0.3 is 9.47 Å². The van der Waals surface area contributed by atoms with Gasteiger partial charge in [-0.25, -0.2) is 0 Å². The highest BCUT2D eigenvalue weighted by atomic mass is 16.5. The lowest BCUT2D eigenvalue weighted by Crippen LogP contribution is -2.18. The Bertz CT molecular complexity index is 674. The zero-order chi connectivity index (χ0) is 33.9. The number of rotatable bonds is 36. The molecule has 0 aliphatic carbocycles. The second-order valence-corrected chi connectivity index (χ2v) is 14.1. The van der Waals surface area contributed by atoms with Crippen LogP contribution in [0.2, 0.25) is 0 Å². The molecule has 0 aliphatic rings. The lowest BCUT2D eigenvalue weighted by molar-refractivity contribution is -0.150. The number of ketones is 1. The van der Waals surface area contributed by atoms with Gasteiger partial charge in [-0.1, -0.05) is 136 Å². The highest BCUT2D eigenvalue weighted by Gasteiger charge is 2.14. The molecule has 272 valence electrons. The Labute approximate surface area is 286 Å². The summed E-state index contributed by atoms with van der Waals surface area (Å²) < 4.78 is 11.5. The number of Topliss-reactive ketones (excluding diaryl/α,β-unsaturated/α-hetero) is 1. The van der Waals surface area contributed by atoms with Crippen LogP contribution in [0.3, 0.4) is 0 Å². The van der Waals surface area contributed by atoms with Gasteiger partial charge in [0.15, 0.2) is 0 Å². The zero-order valence-corrected chi connectivity index (χ0v) is 31.3. The van der Waals surface area contributed by atoms with Gasteiger partial charge in [-0.05, 0) is 71.1 Å². The van der Waals surface area contributed by atoms with E-state index in [0.29, 0.717) is 31.5 Å². The topological polar surface area (TPSA) is 69.7 Å². The van der Waals surface area contributed by atoms with Gasteiger partial charge in [0.1, 0.15) is 11.9 Å². The molecule has 0 saturated heterocycles. The second kappa shape index (κ2) is 34.9. The summed E-state index contributed by atoms with van der Waals surface area (Å²) in [4.78, 5) is 36.8. The van der Waals surface area contributed by atoms with E-state index in [2.05, 4.69) is 20.8 Å². The van der Waals surface area contributed by atoms with Crippen LogP contribution in [0.25, 0.3) is 0 Å². The van der Waals surface area contributed by atoms with Crippen molar-refractivity contribution in [1.82, 2.24) is 0 Å². The molecule has 0 aromatic rings. The minimum Gasteiger partial charge on any atom is -0.463 e. The van der Waals surface area contributed by atoms with E-state index in [4.69, 9.17) is 9.47 Å². The van der Waals surface area contributed by atoms with Gasteiger partial charge in [-0.15, -0.1) is 0 Å². The van der Waals surface area contributed by atoms with Crippen LogP contribution in [0.5, 0.6) is 0 Å². The molecular formula is C41H78O5. The van der Waals surface area contributed by atoms with Gasteiger partial charge in [0.25, 0.3) is 0 Å². The van der Waals surface area contributed by atoms with Gasteiger partial charge in [-0.2, -0.15) is 0 Å². The Morgan fingerprint density at radius 2 is 0.717 bits per heavy atom. The van der Waals surface area contributed by atoms with Crippen LogP contribution in [0.15, 0.2) is 0 Å². The number of hydrogen-bond donors (Lipinski definition) is 0. The van der Waals surface area contributed by atoms with Crippen LogP contribution < -0.4 is 0 Å². The number of ether oxygens (including phenoxy) is 2. The molecule has 0 aliphatic heterocycles. The molecule has 0 amide bonds. The van der Waals surface area contributed by atoms with Crippen molar-refractivity contribution < 1.29 is 23.9 Å². The maximum atomic E-state index is 12.6. The first-order valence-corrected chi connectivity index (χ1v) is 20.3. The third kappa shape index (κ3) is 32.5. The average molecular weight is 651 g/mol. The maximum Gasteiger partial charge on any atom is 0.306 e. The quantitative estimate of drug-likeness (QED) is 0.0498. The van der Waals surface area contributed by atoms with E-state index in [1.54, 1.807) is 0 Å². The molecule has 0 rings (SSSR count). The molecule has 0 heterocycles. The number of esters is 2. The molecule has 1 atom stereocenters. The predicted octanol–water partition coefficient (Wildman–Crippen LogP) is 12.9. The van der Waals surface area contributed by atoms with Crippen molar-refractivity contribution in [1.29, 1.82) is 0 Å². The molecule has 0 radical (unpaired) electrons. The Hall–Kier alpha value is -1.39. The fourth-order valence-corrected chi connectivity index (χ4v) is 6.20. The van der Waals surface area contributed by atoms with Gasteiger partial charge >= 0.3 is 11.9 Å². The van der Waals surface area contributed by atoms with Gasteiger partial charge in [-0.3, -0.25) is 14.4 Å². The Kier molecular flexibility index (Phi) is 33.9. The maximum absolute atomic E-state index is 12.6. The fraction of sp³-hybridized carbons (Fsp3) is 0.927. The van der Waals surface area contributed by atoms with E-state index in [0.717, 1.165) is 89.9 Å². The molecule has 0 bridgehead atoms. The summed E-state index contributed by atoms with van der Waals surface area (Å²) >= 11 is 0. The average Bonchev–Trinajstić information content (AvgIpc) is 3.03.